The van der Waals surface area contributed by atoms with Crippen LogP contribution in [0.4, 0.5) is 5.69 Å². The highest BCUT2D eigenvalue weighted by atomic mass is 32.2. The first kappa shape index (κ1) is 14.2. The number of benzene rings is 1. The van der Waals surface area contributed by atoms with Crippen LogP contribution in [-0.2, 0) is 0 Å². The average Bonchev–Trinajstić information content (AvgIpc) is 2.46. The molecule has 1 aromatic carbocycles. The summed E-state index contributed by atoms with van der Waals surface area (Å²) in [5.74, 6) is 6.60. The van der Waals surface area contributed by atoms with Crippen molar-refractivity contribution in [2.24, 2.45) is 5.84 Å². The van der Waals surface area contributed by atoms with Crippen molar-refractivity contribution in [3.8, 4) is 0 Å². The van der Waals surface area contributed by atoms with E-state index in [1.807, 2.05) is 36.9 Å². The second-order valence-electron chi connectivity index (χ2n) is 4.89. The van der Waals surface area contributed by atoms with Crippen LogP contribution < -0.4 is 16.6 Å². The molecule has 0 bridgehead atoms. The van der Waals surface area contributed by atoms with Gasteiger partial charge in [-0.25, -0.2) is 0 Å². The summed E-state index contributed by atoms with van der Waals surface area (Å²) in [5.41, 5.74) is 4.91. The molecule has 0 aromatic heterocycles. The Morgan fingerprint density at radius 3 is 3.00 bits per heavy atom. The summed E-state index contributed by atoms with van der Waals surface area (Å²) < 4.78 is 0. The average molecular weight is 279 g/mol. The van der Waals surface area contributed by atoms with Gasteiger partial charge in [-0.2, -0.15) is 11.8 Å². The number of hydrogen-bond acceptors (Lipinski definition) is 4. The Morgan fingerprint density at radius 2 is 2.32 bits per heavy atom. The van der Waals surface area contributed by atoms with Crippen molar-refractivity contribution in [2.75, 3.05) is 17.7 Å². The first-order chi connectivity index (χ1) is 9.20. The summed E-state index contributed by atoms with van der Waals surface area (Å²) in [7, 11) is 0. The molecule has 1 aromatic rings. The SMILES string of the molecule is Cc1ccc(NN)c(C(=O)NCC2CCCCS2)c1. The third-order valence-electron chi connectivity index (χ3n) is 3.34. The zero-order valence-electron chi connectivity index (χ0n) is 11.2. The smallest absolute Gasteiger partial charge is 0.253 e. The Labute approximate surface area is 118 Å². The van der Waals surface area contributed by atoms with E-state index in [-0.39, 0.29) is 5.91 Å². The highest BCUT2D eigenvalue weighted by molar-refractivity contribution is 7.99. The van der Waals surface area contributed by atoms with Crippen molar-refractivity contribution in [3.63, 3.8) is 0 Å². The minimum Gasteiger partial charge on any atom is -0.351 e. The number of rotatable bonds is 4. The molecule has 1 amide bonds. The molecule has 4 N–H and O–H groups in total. The molecule has 1 unspecified atom stereocenters. The van der Waals surface area contributed by atoms with Crippen LogP contribution in [0.3, 0.4) is 0 Å². The molecule has 4 nitrogen and oxygen atoms in total. The Hall–Kier alpha value is -1.20. The molecule has 1 heterocycles. The number of hydrazine groups is 1. The van der Waals surface area contributed by atoms with E-state index in [1.54, 1.807) is 0 Å². The van der Waals surface area contributed by atoms with Gasteiger partial charge in [-0.3, -0.25) is 10.6 Å². The largest absolute Gasteiger partial charge is 0.351 e. The zero-order chi connectivity index (χ0) is 13.7. The number of nitrogen functional groups attached to an aromatic ring is 1. The number of nitrogens with one attached hydrogen (secondary N) is 2. The van der Waals surface area contributed by atoms with E-state index in [1.165, 1.54) is 25.0 Å². The fourth-order valence-electron chi connectivity index (χ4n) is 2.24. The van der Waals surface area contributed by atoms with Crippen molar-refractivity contribution in [2.45, 2.75) is 31.4 Å². The van der Waals surface area contributed by atoms with E-state index < -0.39 is 0 Å². The molecule has 1 aliphatic rings. The van der Waals surface area contributed by atoms with E-state index in [0.29, 0.717) is 16.5 Å². The maximum Gasteiger partial charge on any atom is 0.253 e. The van der Waals surface area contributed by atoms with E-state index in [9.17, 15) is 4.79 Å². The van der Waals surface area contributed by atoms with Crippen LogP contribution in [0.1, 0.15) is 35.2 Å². The molecular weight excluding hydrogens is 258 g/mol. The Kier molecular flexibility index (Phi) is 5.10. The maximum atomic E-state index is 12.2. The van der Waals surface area contributed by atoms with Gasteiger partial charge in [0.05, 0.1) is 11.3 Å². The van der Waals surface area contributed by atoms with Gasteiger partial charge >= 0.3 is 0 Å². The number of nitrogens with two attached hydrogens (primary N) is 1. The summed E-state index contributed by atoms with van der Waals surface area (Å²) in [4.78, 5) is 12.2. The first-order valence-corrected chi connectivity index (χ1v) is 7.72. The quantitative estimate of drug-likeness (QED) is 0.584. The molecule has 5 heteroatoms. The minimum absolute atomic E-state index is 0.0529. The maximum absolute atomic E-state index is 12.2. The minimum atomic E-state index is -0.0529. The van der Waals surface area contributed by atoms with Crippen LogP contribution in [0.15, 0.2) is 18.2 Å². The van der Waals surface area contributed by atoms with Crippen molar-refractivity contribution >= 4 is 23.4 Å². The van der Waals surface area contributed by atoms with Crippen molar-refractivity contribution in [1.82, 2.24) is 5.32 Å². The number of aryl methyl sites for hydroxylation is 1. The predicted molar refractivity (Wildman–Crippen MR) is 81.4 cm³/mol. The topological polar surface area (TPSA) is 67.1 Å². The standard InChI is InChI=1S/C14H21N3OS/c1-10-5-6-13(17-15)12(8-10)14(18)16-9-11-4-2-3-7-19-11/h5-6,8,11,17H,2-4,7,9,15H2,1H3,(H,16,18). The van der Waals surface area contributed by atoms with E-state index in [4.69, 9.17) is 5.84 Å². The van der Waals surface area contributed by atoms with Crippen LogP contribution in [0.2, 0.25) is 0 Å². The van der Waals surface area contributed by atoms with Gasteiger partial charge in [0.25, 0.3) is 5.91 Å². The van der Waals surface area contributed by atoms with Gasteiger partial charge in [-0.15, -0.1) is 0 Å². The molecule has 1 atom stereocenters. The highest BCUT2D eigenvalue weighted by Gasteiger charge is 2.16. The van der Waals surface area contributed by atoms with Crippen molar-refractivity contribution in [1.29, 1.82) is 0 Å². The zero-order valence-corrected chi connectivity index (χ0v) is 12.1. The summed E-state index contributed by atoms with van der Waals surface area (Å²) in [6.45, 7) is 2.70. The lowest BCUT2D eigenvalue weighted by atomic mass is 10.1. The van der Waals surface area contributed by atoms with Crippen LogP contribution in [0, 0.1) is 6.92 Å². The molecule has 0 radical (unpaired) electrons. The van der Waals surface area contributed by atoms with Gasteiger partial charge in [-0.05, 0) is 37.7 Å². The van der Waals surface area contributed by atoms with Gasteiger partial charge in [-0.1, -0.05) is 18.1 Å². The van der Waals surface area contributed by atoms with Crippen molar-refractivity contribution < 1.29 is 4.79 Å². The Morgan fingerprint density at radius 1 is 1.47 bits per heavy atom. The van der Waals surface area contributed by atoms with Gasteiger partial charge in [0, 0.05) is 11.8 Å². The molecule has 104 valence electrons. The van der Waals surface area contributed by atoms with Gasteiger partial charge in [0.1, 0.15) is 0 Å². The highest BCUT2D eigenvalue weighted by Crippen LogP contribution is 2.24. The molecule has 19 heavy (non-hydrogen) atoms. The number of anilines is 1. The van der Waals surface area contributed by atoms with Gasteiger partial charge < -0.3 is 10.7 Å². The molecule has 0 saturated carbocycles. The third kappa shape index (κ3) is 3.88. The fourth-order valence-corrected chi connectivity index (χ4v) is 3.48. The predicted octanol–water partition coefficient (Wildman–Crippen LogP) is 2.30. The Bertz CT molecular complexity index is 444. The van der Waals surface area contributed by atoms with E-state index >= 15 is 0 Å². The van der Waals surface area contributed by atoms with E-state index in [2.05, 4.69) is 10.7 Å². The molecule has 2 rings (SSSR count). The number of carbonyl (C=O) groups excluding carboxylic acids is 1. The summed E-state index contributed by atoms with van der Waals surface area (Å²) in [5, 5.41) is 3.57. The normalized spacial score (nSPS) is 18.9. The molecule has 1 fully saturated rings. The summed E-state index contributed by atoms with van der Waals surface area (Å²) in [6.07, 6.45) is 3.77. The molecule has 1 saturated heterocycles. The number of amides is 1. The van der Waals surface area contributed by atoms with Gasteiger partial charge in [0.15, 0.2) is 0 Å². The number of thioether (sulfide) groups is 1. The second kappa shape index (κ2) is 6.82. The third-order valence-corrected chi connectivity index (χ3v) is 4.74. The summed E-state index contributed by atoms with van der Waals surface area (Å²) in [6, 6.07) is 5.63. The van der Waals surface area contributed by atoms with Crippen LogP contribution in [0.5, 0.6) is 0 Å². The second-order valence-corrected chi connectivity index (χ2v) is 6.30. The molecule has 1 aliphatic heterocycles. The molecule has 0 spiro atoms. The van der Waals surface area contributed by atoms with Crippen LogP contribution in [0.25, 0.3) is 0 Å². The molecule has 0 aliphatic carbocycles. The lowest BCUT2D eigenvalue weighted by Gasteiger charge is -2.21. The van der Waals surface area contributed by atoms with Crippen LogP contribution in [-0.4, -0.2) is 23.5 Å². The van der Waals surface area contributed by atoms with Crippen molar-refractivity contribution in [3.05, 3.63) is 29.3 Å². The summed E-state index contributed by atoms with van der Waals surface area (Å²) >= 11 is 1.96. The fraction of sp³-hybridized carbons (Fsp3) is 0.500. The number of carbonyl (C=O) groups is 1. The first-order valence-electron chi connectivity index (χ1n) is 6.68. The Balaban J connectivity index is 1.97. The lowest BCUT2D eigenvalue weighted by Crippen LogP contribution is -2.32. The van der Waals surface area contributed by atoms with E-state index in [0.717, 1.165) is 12.1 Å². The molecular formula is C14H21N3OS. The monoisotopic (exact) mass is 279 g/mol. The number of hydrogen-bond donors (Lipinski definition) is 3. The van der Waals surface area contributed by atoms with Crippen LogP contribution >= 0.6 is 11.8 Å². The van der Waals surface area contributed by atoms with Gasteiger partial charge in [0.2, 0.25) is 0 Å². The lowest BCUT2D eigenvalue weighted by molar-refractivity contribution is 0.0954.